The monoisotopic (exact) mass is 210 g/mol. The molecule has 3 nitrogen and oxygen atoms in total. The largest absolute Gasteiger partial charge is 0.349 e. The summed E-state index contributed by atoms with van der Waals surface area (Å²) in [6.07, 6.45) is 6.99. The standard InChI is InChI=1S/C12H22N2O/c1-12(8-13,10-6-7-10)14-11(15)9-4-2-3-5-9/h9-10H,2-8,13H2,1H3,(H,14,15). The molecule has 2 fully saturated rings. The maximum Gasteiger partial charge on any atom is 0.223 e. The van der Waals surface area contributed by atoms with Gasteiger partial charge in [-0.1, -0.05) is 12.8 Å². The summed E-state index contributed by atoms with van der Waals surface area (Å²) in [6.45, 7) is 2.66. The number of hydrogen-bond acceptors (Lipinski definition) is 2. The lowest BCUT2D eigenvalue weighted by molar-refractivity contribution is -0.126. The summed E-state index contributed by atoms with van der Waals surface area (Å²) in [7, 11) is 0. The highest BCUT2D eigenvalue weighted by atomic mass is 16.2. The first-order valence-corrected chi connectivity index (χ1v) is 6.18. The van der Waals surface area contributed by atoms with E-state index in [1.807, 2.05) is 0 Å². The molecule has 0 heterocycles. The number of nitrogens with one attached hydrogen (secondary N) is 1. The van der Waals surface area contributed by atoms with E-state index in [4.69, 9.17) is 5.73 Å². The minimum atomic E-state index is -0.139. The molecule has 86 valence electrons. The summed E-state index contributed by atoms with van der Waals surface area (Å²) in [5.74, 6) is 1.12. The summed E-state index contributed by atoms with van der Waals surface area (Å²) in [5, 5.41) is 3.18. The van der Waals surface area contributed by atoms with Gasteiger partial charge in [0.05, 0.1) is 5.54 Å². The van der Waals surface area contributed by atoms with E-state index in [0.717, 1.165) is 12.8 Å². The maximum atomic E-state index is 12.0. The predicted octanol–water partition coefficient (Wildman–Crippen LogP) is 1.42. The molecule has 0 aromatic carbocycles. The molecule has 2 aliphatic carbocycles. The zero-order valence-corrected chi connectivity index (χ0v) is 9.59. The molecule has 3 N–H and O–H groups in total. The molecule has 0 spiro atoms. The lowest BCUT2D eigenvalue weighted by Gasteiger charge is -2.30. The molecule has 2 rings (SSSR count). The Labute approximate surface area is 91.8 Å². The second-order valence-electron chi connectivity index (χ2n) is 5.37. The molecular weight excluding hydrogens is 188 g/mol. The van der Waals surface area contributed by atoms with E-state index in [0.29, 0.717) is 12.5 Å². The Balaban J connectivity index is 1.90. The van der Waals surface area contributed by atoms with Crippen LogP contribution in [0.3, 0.4) is 0 Å². The van der Waals surface area contributed by atoms with E-state index in [1.165, 1.54) is 25.7 Å². The van der Waals surface area contributed by atoms with Crippen molar-refractivity contribution in [1.29, 1.82) is 0 Å². The van der Waals surface area contributed by atoms with Gasteiger partial charge in [0, 0.05) is 12.5 Å². The molecule has 2 saturated carbocycles. The SMILES string of the molecule is CC(CN)(NC(=O)C1CCCC1)C1CC1. The average Bonchev–Trinajstić information content (AvgIpc) is 2.94. The van der Waals surface area contributed by atoms with Crippen molar-refractivity contribution < 1.29 is 4.79 Å². The van der Waals surface area contributed by atoms with Crippen molar-refractivity contribution >= 4 is 5.91 Å². The van der Waals surface area contributed by atoms with Crippen molar-refractivity contribution in [1.82, 2.24) is 5.32 Å². The normalized spacial score (nSPS) is 26.3. The van der Waals surface area contributed by atoms with Crippen LogP contribution in [0.2, 0.25) is 0 Å². The van der Waals surface area contributed by atoms with Crippen molar-refractivity contribution in [3.63, 3.8) is 0 Å². The van der Waals surface area contributed by atoms with Gasteiger partial charge in [0.25, 0.3) is 0 Å². The molecule has 0 saturated heterocycles. The molecule has 1 unspecified atom stereocenters. The van der Waals surface area contributed by atoms with Gasteiger partial charge in [-0.3, -0.25) is 4.79 Å². The van der Waals surface area contributed by atoms with E-state index in [2.05, 4.69) is 12.2 Å². The third-order valence-corrected chi connectivity index (χ3v) is 4.04. The van der Waals surface area contributed by atoms with Crippen LogP contribution in [-0.2, 0) is 4.79 Å². The minimum Gasteiger partial charge on any atom is -0.349 e. The number of rotatable bonds is 4. The molecule has 0 aromatic rings. The average molecular weight is 210 g/mol. The molecule has 0 aromatic heterocycles. The molecule has 1 amide bonds. The molecule has 0 bridgehead atoms. The lowest BCUT2D eigenvalue weighted by Crippen LogP contribution is -2.54. The first-order chi connectivity index (χ1) is 7.15. The topological polar surface area (TPSA) is 55.1 Å². The zero-order valence-electron chi connectivity index (χ0n) is 9.59. The van der Waals surface area contributed by atoms with Crippen molar-refractivity contribution in [2.75, 3.05) is 6.54 Å². The molecule has 15 heavy (non-hydrogen) atoms. The fourth-order valence-corrected chi connectivity index (χ4v) is 2.61. The Morgan fingerprint density at radius 3 is 2.40 bits per heavy atom. The minimum absolute atomic E-state index is 0.139. The number of carbonyl (C=O) groups is 1. The maximum absolute atomic E-state index is 12.0. The number of amides is 1. The van der Waals surface area contributed by atoms with Gasteiger partial charge in [0.1, 0.15) is 0 Å². The van der Waals surface area contributed by atoms with E-state index in [-0.39, 0.29) is 17.4 Å². The van der Waals surface area contributed by atoms with Crippen molar-refractivity contribution in [2.24, 2.45) is 17.6 Å². The summed E-state index contributed by atoms with van der Waals surface area (Å²) in [6, 6.07) is 0. The third kappa shape index (κ3) is 2.33. The van der Waals surface area contributed by atoms with Crippen LogP contribution in [0.1, 0.15) is 45.4 Å². The molecule has 2 aliphatic rings. The smallest absolute Gasteiger partial charge is 0.223 e. The van der Waals surface area contributed by atoms with Gasteiger partial charge in [-0.05, 0) is 38.5 Å². The van der Waals surface area contributed by atoms with Gasteiger partial charge in [-0.2, -0.15) is 0 Å². The zero-order chi connectivity index (χ0) is 10.9. The van der Waals surface area contributed by atoms with Gasteiger partial charge < -0.3 is 11.1 Å². The summed E-state index contributed by atoms with van der Waals surface area (Å²) in [4.78, 5) is 12.0. The van der Waals surface area contributed by atoms with Gasteiger partial charge >= 0.3 is 0 Å². The van der Waals surface area contributed by atoms with Gasteiger partial charge in [-0.15, -0.1) is 0 Å². The Morgan fingerprint density at radius 1 is 1.33 bits per heavy atom. The second-order valence-corrected chi connectivity index (χ2v) is 5.37. The molecule has 0 aliphatic heterocycles. The van der Waals surface area contributed by atoms with Crippen LogP contribution >= 0.6 is 0 Å². The van der Waals surface area contributed by atoms with Crippen LogP contribution in [0.25, 0.3) is 0 Å². The Morgan fingerprint density at radius 2 is 1.93 bits per heavy atom. The number of hydrogen-bond donors (Lipinski definition) is 2. The molecule has 0 radical (unpaired) electrons. The van der Waals surface area contributed by atoms with Gasteiger partial charge in [-0.25, -0.2) is 0 Å². The fraction of sp³-hybridized carbons (Fsp3) is 0.917. The highest BCUT2D eigenvalue weighted by Gasteiger charge is 2.42. The molecule has 1 atom stereocenters. The number of carbonyl (C=O) groups excluding carboxylic acids is 1. The van der Waals surface area contributed by atoms with Gasteiger partial charge in [0.2, 0.25) is 5.91 Å². The van der Waals surface area contributed by atoms with Crippen LogP contribution < -0.4 is 11.1 Å². The van der Waals surface area contributed by atoms with E-state index < -0.39 is 0 Å². The number of nitrogens with two attached hydrogens (primary N) is 1. The first kappa shape index (κ1) is 10.9. The Hall–Kier alpha value is -0.570. The summed E-state index contributed by atoms with van der Waals surface area (Å²) >= 11 is 0. The highest BCUT2D eigenvalue weighted by molar-refractivity contribution is 5.79. The van der Waals surface area contributed by atoms with Crippen molar-refractivity contribution in [3.05, 3.63) is 0 Å². The lowest BCUT2D eigenvalue weighted by atomic mass is 9.94. The van der Waals surface area contributed by atoms with Crippen LogP contribution in [0, 0.1) is 11.8 Å². The molecular formula is C12H22N2O. The van der Waals surface area contributed by atoms with Crippen molar-refractivity contribution in [2.45, 2.75) is 51.0 Å². The highest BCUT2D eigenvalue weighted by Crippen LogP contribution is 2.39. The molecule has 3 heteroatoms. The van der Waals surface area contributed by atoms with Crippen molar-refractivity contribution in [3.8, 4) is 0 Å². The predicted molar refractivity (Wildman–Crippen MR) is 60.3 cm³/mol. The van der Waals surface area contributed by atoms with E-state index in [9.17, 15) is 4.79 Å². The summed E-state index contributed by atoms with van der Waals surface area (Å²) < 4.78 is 0. The van der Waals surface area contributed by atoms with Crippen LogP contribution in [-0.4, -0.2) is 18.0 Å². The summed E-state index contributed by atoms with van der Waals surface area (Å²) in [5.41, 5.74) is 5.64. The Kier molecular flexibility index (Phi) is 3.01. The van der Waals surface area contributed by atoms with E-state index >= 15 is 0 Å². The first-order valence-electron chi connectivity index (χ1n) is 6.18. The van der Waals surface area contributed by atoms with Crippen LogP contribution in [0.5, 0.6) is 0 Å². The third-order valence-electron chi connectivity index (χ3n) is 4.04. The van der Waals surface area contributed by atoms with E-state index in [1.54, 1.807) is 0 Å². The quantitative estimate of drug-likeness (QED) is 0.737. The van der Waals surface area contributed by atoms with Gasteiger partial charge in [0.15, 0.2) is 0 Å². The van der Waals surface area contributed by atoms with Crippen LogP contribution in [0.4, 0.5) is 0 Å². The second kappa shape index (κ2) is 4.12. The Bertz CT molecular complexity index is 244. The van der Waals surface area contributed by atoms with Crippen LogP contribution in [0.15, 0.2) is 0 Å². The fourth-order valence-electron chi connectivity index (χ4n) is 2.61.